The summed E-state index contributed by atoms with van der Waals surface area (Å²) in [6.45, 7) is 2.30. The van der Waals surface area contributed by atoms with Crippen LogP contribution < -0.4 is 0 Å². The first-order valence-electron chi connectivity index (χ1n) is 6.04. The molecular weight excluding hydrogens is 268 g/mol. The Kier molecular flexibility index (Phi) is 7.76. The van der Waals surface area contributed by atoms with E-state index in [1.165, 1.54) is 11.3 Å². The minimum absolute atomic E-state index is 0.0384. The normalized spacial score (nSPS) is 10.3. The number of carbonyl (C=O) groups is 2. The predicted octanol–water partition coefficient (Wildman–Crippen LogP) is 3.40. The maximum Gasteiger partial charge on any atom is 0.315 e. The summed E-state index contributed by atoms with van der Waals surface area (Å²) in [6.07, 6.45) is 2.53. The van der Waals surface area contributed by atoms with Gasteiger partial charge in [0.15, 0.2) is 5.78 Å². The molecule has 0 aliphatic rings. The molecule has 0 aliphatic heterocycles. The topological polar surface area (TPSA) is 43.4 Å². The average molecular weight is 286 g/mol. The highest BCUT2D eigenvalue weighted by Crippen LogP contribution is 2.11. The first-order valence-corrected chi connectivity index (χ1v) is 8.07. The van der Waals surface area contributed by atoms with Gasteiger partial charge in [-0.15, -0.1) is 11.3 Å². The number of thioether (sulfide) groups is 1. The van der Waals surface area contributed by atoms with E-state index in [4.69, 9.17) is 4.74 Å². The molecule has 0 bridgehead atoms. The van der Waals surface area contributed by atoms with Crippen molar-refractivity contribution in [2.75, 3.05) is 18.1 Å². The maximum atomic E-state index is 11.6. The summed E-state index contributed by atoms with van der Waals surface area (Å²) in [5, 5.41) is 1.86. The van der Waals surface area contributed by atoms with E-state index in [0.29, 0.717) is 5.75 Å². The van der Waals surface area contributed by atoms with Gasteiger partial charge in [0.2, 0.25) is 0 Å². The molecule has 0 unspecified atom stereocenters. The zero-order chi connectivity index (χ0) is 13.2. The van der Waals surface area contributed by atoms with Gasteiger partial charge in [-0.2, -0.15) is 11.8 Å². The first kappa shape index (κ1) is 15.2. The maximum absolute atomic E-state index is 11.6. The number of hydrogen-bond donors (Lipinski definition) is 0. The smallest absolute Gasteiger partial charge is 0.315 e. The summed E-state index contributed by atoms with van der Waals surface area (Å²) in [6, 6.07) is 3.63. The Labute approximate surface area is 116 Å². The molecule has 1 aromatic heterocycles. The van der Waals surface area contributed by atoms with Gasteiger partial charge in [-0.05, 0) is 23.6 Å². The number of rotatable bonds is 9. The van der Waals surface area contributed by atoms with Crippen LogP contribution in [0.25, 0.3) is 0 Å². The number of ether oxygens (including phenoxy) is 1. The van der Waals surface area contributed by atoms with Gasteiger partial charge in [-0.3, -0.25) is 9.59 Å². The van der Waals surface area contributed by atoms with Crippen molar-refractivity contribution in [3.63, 3.8) is 0 Å². The second kappa shape index (κ2) is 9.16. The molecule has 0 atom stereocenters. The molecule has 18 heavy (non-hydrogen) atoms. The molecule has 100 valence electrons. The van der Waals surface area contributed by atoms with Crippen LogP contribution in [0.1, 0.15) is 35.9 Å². The van der Waals surface area contributed by atoms with Crippen LogP contribution in [0.3, 0.4) is 0 Å². The number of carbonyl (C=O) groups excluding carboxylic acids is 2. The van der Waals surface area contributed by atoms with Crippen molar-refractivity contribution < 1.29 is 14.3 Å². The molecule has 0 N–H and O–H groups in total. The summed E-state index contributed by atoms with van der Waals surface area (Å²) < 4.78 is 5.01. The lowest BCUT2D eigenvalue weighted by Gasteiger charge is -2.03. The van der Waals surface area contributed by atoms with Gasteiger partial charge in [0.05, 0.1) is 17.2 Å². The van der Waals surface area contributed by atoms with Gasteiger partial charge in [-0.25, -0.2) is 0 Å². The Hall–Kier alpha value is -0.810. The van der Waals surface area contributed by atoms with Crippen LogP contribution in [-0.4, -0.2) is 29.9 Å². The molecule has 0 saturated carbocycles. The van der Waals surface area contributed by atoms with E-state index in [-0.39, 0.29) is 24.8 Å². The average Bonchev–Trinajstić information content (AvgIpc) is 2.88. The third-order valence-electron chi connectivity index (χ3n) is 2.25. The van der Waals surface area contributed by atoms with E-state index >= 15 is 0 Å². The summed E-state index contributed by atoms with van der Waals surface area (Å²) in [5.41, 5.74) is 0. The van der Waals surface area contributed by atoms with Crippen LogP contribution in [0.2, 0.25) is 0 Å². The molecule has 0 saturated heterocycles. The van der Waals surface area contributed by atoms with Gasteiger partial charge in [-0.1, -0.05) is 19.4 Å². The number of unbranched alkanes of at least 4 members (excludes halogenated alkanes) is 1. The Balaban J connectivity index is 2.07. The van der Waals surface area contributed by atoms with Crippen molar-refractivity contribution in [1.82, 2.24) is 0 Å². The van der Waals surface area contributed by atoms with Gasteiger partial charge < -0.3 is 4.74 Å². The Morgan fingerprint density at radius 1 is 1.44 bits per heavy atom. The van der Waals surface area contributed by atoms with Crippen LogP contribution in [0.15, 0.2) is 17.5 Å². The molecule has 5 heteroatoms. The second-order valence-corrected chi connectivity index (χ2v) is 5.83. The summed E-state index contributed by atoms with van der Waals surface area (Å²) >= 11 is 3.00. The lowest BCUT2D eigenvalue weighted by molar-refractivity contribution is -0.140. The molecule has 3 nitrogen and oxygen atoms in total. The van der Waals surface area contributed by atoms with Gasteiger partial charge in [0.25, 0.3) is 0 Å². The van der Waals surface area contributed by atoms with Gasteiger partial charge >= 0.3 is 5.97 Å². The van der Waals surface area contributed by atoms with E-state index in [2.05, 4.69) is 6.92 Å². The highest BCUT2D eigenvalue weighted by molar-refractivity contribution is 7.99. The fourth-order valence-corrected chi connectivity index (χ4v) is 2.84. The zero-order valence-corrected chi connectivity index (χ0v) is 12.1. The van der Waals surface area contributed by atoms with Gasteiger partial charge in [0, 0.05) is 6.42 Å². The molecule has 0 spiro atoms. The molecule has 1 aromatic rings. The van der Waals surface area contributed by atoms with Crippen molar-refractivity contribution in [2.24, 2.45) is 0 Å². The highest BCUT2D eigenvalue weighted by Gasteiger charge is 2.08. The summed E-state index contributed by atoms with van der Waals surface area (Å²) in [7, 11) is 0. The minimum Gasteiger partial charge on any atom is -0.465 e. The molecule has 0 radical (unpaired) electrons. The monoisotopic (exact) mass is 286 g/mol. The minimum atomic E-state index is -0.227. The van der Waals surface area contributed by atoms with Crippen molar-refractivity contribution in [3.8, 4) is 0 Å². The fraction of sp³-hybridized carbons (Fsp3) is 0.538. The number of esters is 1. The Morgan fingerprint density at radius 2 is 2.28 bits per heavy atom. The molecule has 1 heterocycles. The van der Waals surface area contributed by atoms with Crippen LogP contribution in [-0.2, 0) is 9.53 Å². The van der Waals surface area contributed by atoms with Crippen molar-refractivity contribution in [2.45, 2.75) is 26.2 Å². The SMILES string of the molecule is CCCCSCC(=O)OCCC(=O)c1cccs1. The second-order valence-electron chi connectivity index (χ2n) is 3.78. The lowest BCUT2D eigenvalue weighted by Crippen LogP contribution is -2.11. The highest BCUT2D eigenvalue weighted by atomic mass is 32.2. The van der Waals surface area contributed by atoms with E-state index in [1.54, 1.807) is 17.8 Å². The quantitative estimate of drug-likeness (QED) is 0.396. The summed E-state index contributed by atoms with van der Waals surface area (Å²) in [4.78, 5) is 23.6. The molecule has 1 rings (SSSR count). The number of thiophene rings is 1. The molecule has 0 aliphatic carbocycles. The largest absolute Gasteiger partial charge is 0.465 e. The van der Waals surface area contributed by atoms with Crippen molar-refractivity contribution in [1.29, 1.82) is 0 Å². The Morgan fingerprint density at radius 3 is 2.94 bits per heavy atom. The molecule has 0 amide bonds. The Bertz CT molecular complexity index is 360. The standard InChI is InChI=1S/C13H18O3S2/c1-2-3-8-17-10-13(15)16-7-6-11(14)12-5-4-9-18-12/h4-5,9H,2-3,6-8,10H2,1H3. The zero-order valence-electron chi connectivity index (χ0n) is 10.5. The van der Waals surface area contributed by atoms with E-state index < -0.39 is 0 Å². The lowest BCUT2D eigenvalue weighted by atomic mass is 10.2. The van der Waals surface area contributed by atoms with Crippen LogP contribution >= 0.6 is 23.1 Å². The van der Waals surface area contributed by atoms with E-state index in [9.17, 15) is 9.59 Å². The number of ketones is 1. The third kappa shape index (κ3) is 6.21. The first-order chi connectivity index (χ1) is 8.74. The van der Waals surface area contributed by atoms with Gasteiger partial charge in [0.1, 0.15) is 0 Å². The van der Waals surface area contributed by atoms with E-state index in [1.807, 2.05) is 11.4 Å². The van der Waals surface area contributed by atoms with Crippen LogP contribution in [0, 0.1) is 0 Å². The van der Waals surface area contributed by atoms with Crippen molar-refractivity contribution in [3.05, 3.63) is 22.4 Å². The van der Waals surface area contributed by atoms with Crippen LogP contribution in [0.4, 0.5) is 0 Å². The fourth-order valence-electron chi connectivity index (χ4n) is 1.26. The van der Waals surface area contributed by atoms with E-state index in [0.717, 1.165) is 23.5 Å². The predicted molar refractivity (Wildman–Crippen MR) is 76.5 cm³/mol. The third-order valence-corrected chi connectivity index (χ3v) is 4.18. The van der Waals surface area contributed by atoms with Crippen LogP contribution in [0.5, 0.6) is 0 Å². The molecule has 0 aromatic carbocycles. The molecule has 0 fully saturated rings. The number of Topliss-reactive ketones (excluding diaryl/α,β-unsaturated/α-hetero) is 1. The molecular formula is C13H18O3S2. The van der Waals surface area contributed by atoms with Crippen molar-refractivity contribution >= 4 is 34.9 Å². The number of hydrogen-bond acceptors (Lipinski definition) is 5. The summed E-state index contributed by atoms with van der Waals surface area (Å²) in [5.74, 6) is 1.18.